The summed E-state index contributed by atoms with van der Waals surface area (Å²) in [6.07, 6.45) is 12.3. The summed E-state index contributed by atoms with van der Waals surface area (Å²) in [5.74, 6) is -1.72. The zero-order chi connectivity index (χ0) is 45.2. The Labute approximate surface area is 342 Å². The topological polar surface area (TPSA) is 209 Å². The van der Waals surface area contributed by atoms with Gasteiger partial charge in [-0.1, -0.05) is 67.4 Å². The van der Waals surface area contributed by atoms with Crippen molar-refractivity contribution in [2.24, 2.45) is 35.5 Å². The van der Waals surface area contributed by atoms with Crippen LogP contribution in [0.3, 0.4) is 0 Å². The molecule has 14 nitrogen and oxygen atoms in total. The Bertz CT molecular complexity index is 1100. The maximum atomic E-state index is 11.4. The van der Waals surface area contributed by atoms with Gasteiger partial charge in [-0.25, -0.2) is 14.4 Å². The van der Waals surface area contributed by atoms with Crippen LogP contribution in [0.15, 0.2) is 50.6 Å². The number of carbonyl (C=O) groups is 6. The zero-order valence-electron chi connectivity index (χ0n) is 36.3. The van der Waals surface area contributed by atoms with Gasteiger partial charge in [0.2, 0.25) is 0 Å². The van der Waals surface area contributed by atoms with Crippen LogP contribution < -0.4 is 0 Å². The molecule has 0 bridgehead atoms. The maximum Gasteiger partial charge on any atom is 0.330 e. The van der Waals surface area contributed by atoms with Crippen LogP contribution in [0.4, 0.5) is 0 Å². The Morgan fingerprint density at radius 1 is 0.544 bits per heavy atom. The van der Waals surface area contributed by atoms with Gasteiger partial charge in [0.15, 0.2) is 0 Å². The molecule has 0 rings (SSSR count). The number of hydrogen-bond donors (Lipinski definition) is 3. The van der Waals surface area contributed by atoms with Gasteiger partial charge in [-0.2, -0.15) is 0 Å². The fourth-order valence-corrected chi connectivity index (χ4v) is 4.68. The number of carbonyl (C=O) groups excluding carboxylic acids is 5. The van der Waals surface area contributed by atoms with Gasteiger partial charge >= 0.3 is 35.8 Å². The van der Waals surface area contributed by atoms with Gasteiger partial charge in [-0.3, -0.25) is 14.4 Å². The number of aliphatic hydroxyl groups is 2. The van der Waals surface area contributed by atoms with E-state index in [1.54, 1.807) is 6.08 Å². The van der Waals surface area contributed by atoms with Crippen molar-refractivity contribution < 1.29 is 67.8 Å². The number of aliphatic carboxylic acids is 1. The lowest BCUT2D eigenvalue weighted by atomic mass is 9.92. The molecule has 6 unspecified atom stereocenters. The third-order valence-corrected chi connectivity index (χ3v) is 8.32. The second-order valence-electron chi connectivity index (χ2n) is 13.1. The highest BCUT2D eigenvalue weighted by atomic mass is 16.5. The normalized spacial score (nSPS) is 12.8. The lowest BCUT2D eigenvalue weighted by molar-refractivity contribution is -0.147. The molecule has 0 fully saturated rings. The predicted octanol–water partition coefficient (Wildman–Crippen LogP) is 7.07. The van der Waals surface area contributed by atoms with Crippen LogP contribution >= 0.6 is 0 Å². The molecule has 332 valence electrons. The molecule has 0 aromatic carbocycles. The second kappa shape index (κ2) is 44.4. The van der Waals surface area contributed by atoms with E-state index in [1.807, 2.05) is 41.5 Å². The number of aliphatic hydroxyl groups excluding tert-OH is 2. The zero-order valence-corrected chi connectivity index (χ0v) is 36.3. The van der Waals surface area contributed by atoms with Crippen LogP contribution in [-0.2, 0) is 52.5 Å². The number of carboxylic acids is 1. The highest BCUT2D eigenvalue weighted by Crippen LogP contribution is 2.21. The van der Waals surface area contributed by atoms with Crippen LogP contribution in [0.1, 0.15) is 106 Å². The molecule has 0 heterocycles. The molecule has 0 aliphatic rings. The van der Waals surface area contributed by atoms with Crippen LogP contribution in [-0.4, -0.2) is 98.9 Å². The molecule has 6 atom stereocenters. The summed E-state index contributed by atoms with van der Waals surface area (Å²) in [7, 11) is 4.13. The number of rotatable bonds is 25. The third-order valence-electron chi connectivity index (χ3n) is 8.32. The number of ether oxygens (including phenoxy) is 5. The molecule has 14 heteroatoms. The Morgan fingerprint density at radius 2 is 0.895 bits per heavy atom. The van der Waals surface area contributed by atoms with Gasteiger partial charge in [0.05, 0.1) is 52.3 Å². The first-order chi connectivity index (χ1) is 26.9. The molecule has 3 N–H and O–H groups in total. The number of carboxylic acid groups (broad SMARTS) is 1. The van der Waals surface area contributed by atoms with E-state index in [0.717, 1.165) is 56.8 Å². The predicted molar refractivity (Wildman–Crippen MR) is 222 cm³/mol. The van der Waals surface area contributed by atoms with Crippen LogP contribution in [0, 0.1) is 35.5 Å². The molecule has 0 aliphatic carbocycles. The van der Waals surface area contributed by atoms with E-state index in [4.69, 9.17) is 29.5 Å². The number of methoxy groups -OCH3 is 3. The first-order valence-corrected chi connectivity index (χ1v) is 19.4. The maximum absolute atomic E-state index is 11.4. The van der Waals surface area contributed by atoms with Gasteiger partial charge in [0, 0.05) is 31.4 Å². The lowest BCUT2D eigenvalue weighted by Gasteiger charge is -2.17. The van der Waals surface area contributed by atoms with Crippen molar-refractivity contribution in [1.29, 1.82) is 0 Å². The van der Waals surface area contributed by atoms with Crippen molar-refractivity contribution in [1.82, 2.24) is 0 Å². The minimum Gasteiger partial charge on any atom is -0.481 e. The van der Waals surface area contributed by atoms with Crippen molar-refractivity contribution >= 4 is 35.8 Å². The van der Waals surface area contributed by atoms with E-state index in [2.05, 4.69) is 35.8 Å². The highest BCUT2D eigenvalue weighted by molar-refractivity contribution is 5.81. The average molecular weight is 817 g/mol. The molecule has 0 radical (unpaired) electrons. The summed E-state index contributed by atoms with van der Waals surface area (Å²) in [4.78, 5) is 64.8. The molecular weight excluding hydrogens is 740 g/mol. The van der Waals surface area contributed by atoms with Crippen LogP contribution in [0.2, 0.25) is 0 Å². The molecule has 57 heavy (non-hydrogen) atoms. The minimum atomic E-state index is -0.752. The third kappa shape index (κ3) is 42.7. The summed E-state index contributed by atoms with van der Waals surface area (Å²) in [6.45, 7) is 26.1. The molecular formula is C43H76O14. The van der Waals surface area contributed by atoms with Gasteiger partial charge in [0.1, 0.15) is 0 Å². The minimum absolute atomic E-state index is 0.00782. The number of hydrogen-bond acceptors (Lipinski definition) is 13. The molecule has 0 amide bonds. The standard InChI is InChI=1S/C13H22O4.C12H20O4.C10H20O3.C4H6O2.C4H8O/c1-5-11(13(15)16-4)9-10(3)7-8-17-12(14)6-2;1-4-10(12(14)15)8-9(3)6-7-16-11(13)5-2;1-4-9(10(12)13-3)7-8(2)5-6-11;1-3-4(5)6-2;1-2-3-4-5/h6,10-11H,2,5,7-9H2,1,3-4H3;5,9-10H,2,4,6-8H2,1,3H3,(H,14,15);8-9,11H,4-7H2,1-3H3;3H,1H2,2H3;2,5H,1,3-4H2. The average Bonchev–Trinajstić information content (AvgIpc) is 3.20. The van der Waals surface area contributed by atoms with E-state index in [9.17, 15) is 28.8 Å². The lowest BCUT2D eigenvalue weighted by Crippen LogP contribution is -2.19. The smallest absolute Gasteiger partial charge is 0.330 e. The van der Waals surface area contributed by atoms with Gasteiger partial charge in [0.25, 0.3) is 0 Å². The van der Waals surface area contributed by atoms with Crippen molar-refractivity contribution in [2.45, 2.75) is 106 Å². The first-order valence-electron chi connectivity index (χ1n) is 19.4. The Balaban J connectivity index is -0.000000210. The van der Waals surface area contributed by atoms with E-state index in [-0.39, 0.29) is 48.8 Å². The highest BCUT2D eigenvalue weighted by Gasteiger charge is 2.21. The summed E-state index contributed by atoms with van der Waals surface area (Å²) in [5, 5.41) is 25.6. The van der Waals surface area contributed by atoms with Gasteiger partial charge in [-0.15, -0.1) is 6.58 Å². The van der Waals surface area contributed by atoms with Crippen LogP contribution in [0.5, 0.6) is 0 Å². The van der Waals surface area contributed by atoms with Crippen molar-refractivity contribution in [3.05, 3.63) is 50.6 Å². The summed E-state index contributed by atoms with van der Waals surface area (Å²) < 4.78 is 23.3. The van der Waals surface area contributed by atoms with Gasteiger partial charge in [-0.05, 0) is 82.0 Å². The molecule has 0 aliphatic heterocycles. The summed E-state index contributed by atoms with van der Waals surface area (Å²) in [6, 6.07) is 0. The summed E-state index contributed by atoms with van der Waals surface area (Å²) >= 11 is 0. The first kappa shape index (κ1) is 61.9. The monoisotopic (exact) mass is 817 g/mol. The Kier molecular flexibility index (Phi) is 48.2. The molecule has 0 saturated heterocycles. The summed E-state index contributed by atoms with van der Waals surface area (Å²) in [5.41, 5.74) is 0. The SMILES string of the molecule is C=CC(=O)OC.C=CC(=O)OCCC(C)CC(CC)C(=O)O.C=CC(=O)OCCC(C)CC(CC)C(=O)OC.C=CCCO.CCC(CC(C)CCO)C(=O)OC. The Hall–Kier alpha value is -4.30. The van der Waals surface area contributed by atoms with E-state index < -0.39 is 23.9 Å². The molecule has 0 aromatic rings. The fourth-order valence-electron chi connectivity index (χ4n) is 4.68. The molecule has 0 spiro atoms. The quantitative estimate of drug-likeness (QED) is 0.0365. The Morgan fingerprint density at radius 3 is 1.11 bits per heavy atom. The van der Waals surface area contributed by atoms with Crippen molar-refractivity contribution in [3.8, 4) is 0 Å². The van der Waals surface area contributed by atoms with E-state index in [0.29, 0.717) is 50.7 Å². The van der Waals surface area contributed by atoms with E-state index >= 15 is 0 Å². The van der Waals surface area contributed by atoms with Gasteiger partial charge < -0.3 is 39.0 Å². The van der Waals surface area contributed by atoms with Crippen LogP contribution in [0.25, 0.3) is 0 Å². The van der Waals surface area contributed by atoms with E-state index in [1.165, 1.54) is 21.3 Å². The second-order valence-corrected chi connectivity index (χ2v) is 13.1. The number of esters is 5. The van der Waals surface area contributed by atoms with Crippen molar-refractivity contribution in [2.75, 3.05) is 47.8 Å². The molecule has 0 saturated carbocycles. The largest absolute Gasteiger partial charge is 0.481 e. The molecule has 0 aromatic heterocycles. The fraction of sp³-hybridized carbons (Fsp3) is 0.674. The van der Waals surface area contributed by atoms with Crippen molar-refractivity contribution in [3.63, 3.8) is 0 Å².